The number of nitrogens with one attached hydrogen (secondary N) is 1. The molecule has 1 rings (SSSR count). The molecule has 0 amide bonds. The summed E-state index contributed by atoms with van der Waals surface area (Å²) in [5.41, 5.74) is 8.97. The molecular formula is C12H16N2. The third kappa shape index (κ3) is 1.96. The minimum atomic E-state index is 0.659. The van der Waals surface area contributed by atoms with Gasteiger partial charge < -0.3 is 11.1 Å². The van der Waals surface area contributed by atoms with Gasteiger partial charge in [0.2, 0.25) is 0 Å². The van der Waals surface area contributed by atoms with E-state index in [0.29, 0.717) is 5.82 Å². The maximum Gasteiger partial charge on any atom is 0.104 e. The molecule has 14 heavy (non-hydrogen) atoms. The Hall–Kier alpha value is -1.70. The number of hydrogen-bond donors (Lipinski definition) is 2. The van der Waals surface area contributed by atoms with Crippen molar-refractivity contribution in [2.75, 3.05) is 0 Å². The predicted molar refractivity (Wildman–Crippen MR) is 61.2 cm³/mol. The summed E-state index contributed by atoms with van der Waals surface area (Å²) in [7, 11) is 0. The molecular weight excluding hydrogens is 172 g/mol. The van der Waals surface area contributed by atoms with E-state index in [1.54, 1.807) is 12.2 Å². The highest BCUT2D eigenvalue weighted by atomic mass is 15.0. The summed E-state index contributed by atoms with van der Waals surface area (Å²) in [5, 5.41) is 3.11. The summed E-state index contributed by atoms with van der Waals surface area (Å²) in [6, 6.07) is 0. The molecule has 0 aromatic carbocycles. The highest BCUT2D eigenvalue weighted by molar-refractivity contribution is 5.38. The van der Waals surface area contributed by atoms with Crippen LogP contribution in [-0.4, -0.2) is 0 Å². The van der Waals surface area contributed by atoms with Crippen LogP contribution < -0.4 is 11.1 Å². The predicted octanol–water partition coefficient (Wildman–Crippen LogP) is 2.35. The van der Waals surface area contributed by atoms with Crippen molar-refractivity contribution < 1.29 is 0 Å². The van der Waals surface area contributed by atoms with Crippen molar-refractivity contribution in [1.82, 2.24) is 5.32 Å². The zero-order chi connectivity index (χ0) is 10.6. The van der Waals surface area contributed by atoms with Crippen LogP contribution in [0.15, 0.2) is 60.6 Å². The average Bonchev–Trinajstić information content (AvgIpc) is 2.36. The van der Waals surface area contributed by atoms with Crippen molar-refractivity contribution in [1.29, 1.82) is 0 Å². The summed E-state index contributed by atoms with van der Waals surface area (Å²) in [6.07, 6.45) is 7.19. The third-order valence-electron chi connectivity index (χ3n) is 2.32. The van der Waals surface area contributed by atoms with E-state index in [-0.39, 0.29) is 0 Å². The molecule has 0 spiro atoms. The van der Waals surface area contributed by atoms with Crippen LogP contribution in [0.5, 0.6) is 0 Å². The Morgan fingerprint density at radius 1 is 1.00 bits per heavy atom. The molecule has 1 aliphatic heterocycles. The SMILES string of the molecule is C=CC1=C(N)NC(C=C)=C(C=C)CC1. The van der Waals surface area contributed by atoms with E-state index < -0.39 is 0 Å². The van der Waals surface area contributed by atoms with Gasteiger partial charge in [-0.1, -0.05) is 31.9 Å². The molecule has 0 bridgehead atoms. The Morgan fingerprint density at radius 2 is 1.57 bits per heavy atom. The third-order valence-corrected chi connectivity index (χ3v) is 2.32. The Morgan fingerprint density at radius 3 is 2.07 bits per heavy atom. The fourth-order valence-electron chi connectivity index (χ4n) is 1.45. The quantitative estimate of drug-likeness (QED) is 0.713. The van der Waals surface area contributed by atoms with Gasteiger partial charge in [-0.3, -0.25) is 0 Å². The van der Waals surface area contributed by atoms with Gasteiger partial charge >= 0.3 is 0 Å². The number of rotatable bonds is 3. The standard InChI is InChI=1S/C12H16N2/c1-4-9-7-8-10(5-2)12(13)14-11(9)6-3/h4-6,14H,1-3,7-8,13H2. The van der Waals surface area contributed by atoms with Crippen LogP contribution in [0.1, 0.15) is 12.8 Å². The summed E-state index contributed by atoms with van der Waals surface area (Å²) < 4.78 is 0. The van der Waals surface area contributed by atoms with E-state index >= 15 is 0 Å². The first-order valence-electron chi connectivity index (χ1n) is 4.59. The molecule has 0 aromatic rings. The van der Waals surface area contributed by atoms with Crippen LogP contribution in [0.3, 0.4) is 0 Å². The Kier molecular flexibility index (Phi) is 3.35. The maximum atomic E-state index is 5.85. The lowest BCUT2D eigenvalue weighted by Gasteiger charge is -2.08. The fourth-order valence-corrected chi connectivity index (χ4v) is 1.45. The van der Waals surface area contributed by atoms with Gasteiger partial charge in [0.15, 0.2) is 0 Å². The van der Waals surface area contributed by atoms with Gasteiger partial charge in [-0.15, -0.1) is 0 Å². The molecule has 2 nitrogen and oxygen atoms in total. The fraction of sp³-hybridized carbons (Fsp3) is 0.167. The van der Waals surface area contributed by atoms with Crippen molar-refractivity contribution >= 4 is 0 Å². The van der Waals surface area contributed by atoms with E-state index in [2.05, 4.69) is 25.1 Å². The van der Waals surface area contributed by atoms with Crippen molar-refractivity contribution in [3.05, 3.63) is 60.6 Å². The number of nitrogens with two attached hydrogens (primary N) is 1. The van der Waals surface area contributed by atoms with Crippen molar-refractivity contribution in [2.45, 2.75) is 12.8 Å². The highest BCUT2D eigenvalue weighted by Gasteiger charge is 2.10. The van der Waals surface area contributed by atoms with Gasteiger partial charge in [-0.05, 0) is 30.1 Å². The summed E-state index contributed by atoms with van der Waals surface area (Å²) in [6.45, 7) is 11.2. The normalized spacial score (nSPS) is 17.1. The second kappa shape index (κ2) is 4.51. The second-order valence-electron chi connectivity index (χ2n) is 3.12. The topological polar surface area (TPSA) is 38.0 Å². The lowest BCUT2D eigenvalue weighted by atomic mass is 10.1. The van der Waals surface area contributed by atoms with E-state index in [0.717, 1.165) is 29.7 Å². The molecule has 0 radical (unpaired) electrons. The van der Waals surface area contributed by atoms with Crippen LogP contribution in [0.4, 0.5) is 0 Å². The number of hydrogen-bond acceptors (Lipinski definition) is 2. The lowest BCUT2D eigenvalue weighted by molar-refractivity contribution is 0.949. The molecule has 1 heterocycles. The van der Waals surface area contributed by atoms with Crippen LogP contribution in [0.25, 0.3) is 0 Å². The van der Waals surface area contributed by atoms with E-state index in [9.17, 15) is 0 Å². The molecule has 74 valence electrons. The molecule has 3 N–H and O–H groups in total. The van der Waals surface area contributed by atoms with E-state index in [1.165, 1.54) is 0 Å². The van der Waals surface area contributed by atoms with Crippen molar-refractivity contribution in [2.24, 2.45) is 5.73 Å². The molecule has 0 aliphatic carbocycles. The Labute approximate surface area is 85.2 Å². The molecule has 0 saturated heterocycles. The van der Waals surface area contributed by atoms with Gasteiger partial charge in [0.25, 0.3) is 0 Å². The molecule has 2 heteroatoms. The minimum absolute atomic E-state index is 0.659. The van der Waals surface area contributed by atoms with Crippen LogP contribution >= 0.6 is 0 Å². The average molecular weight is 188 g/mol. The Bertz CT molecular complexity index is 332. The second-order valence-corrected chi connectivity index (χ2v) is 3.12. The first-order valence-corrected chi connectivity index (χ1v) is 4.59. The van der Waals surface area contributed by atoms with Gasteiger partial charge in [-0.25, -0.2) is 0 Å². The number of allylic oxidation sites excluding steroid dienone is 5. The first kappa shape index (κ1) is 10.4. The molecule has 0 saturated carbocycles. The van der Waals surface area contributed by atoms with E-state index in [4.69, 9.17) is 5.73 Å². The monoisotopic (exact) mass is 188 g/mol. The molecule has 1 aliphatic rings. The first-order chi connectivity index (χ1) is 6.72. The lowest BCUT2D eigenvalue weighted by Crippen LogP contribution is -2.19. The Balaban J connectivity index is 3.04. The van der Waals surface area contributed by atoms with Gasteiger partial charge in [0, 0.05) is 5.70 Å². The van der Waals surface area contributed by atoms with Gasteiger partial charge in [0.05, 0.1) is 0 Å². The van der Waals surface area contributed by atoms with Gasteiger partial charge in [0.1, 0.15) is 5.82 Å². The maximum absolute atomic E-state index is 5.85. The minimum Gasteiger partial charge on any atom is -0.385 e. The summed E-state index contributed by atoms with van der Waals surface area (Å²) in [4.78, 5) is 0. The highest BCUT2D eigenvalue weighted by Crippen LogP contribution is 2.21. The zero-order valence-corrected chi connectivity index (χ0v) is 8.34. The van der Waals surface area contributed by atoms with Crippen LogP contribution in [0, 0.1) is 0 Å². The zero-order valence-electron chi connectivity index (χ0n) is 8.34. The van der Waals surface area contributed by atoms with Crippen molar-refractivity contribution in [3.63, 3.8) is 0 Å². The molecule has 0 aromatic heterocycles. The molecule has 0 unspecified atom stereocenters. The van der Waals surface area contributed by atoms with Gasteiger partial charge in [-0.2, -0.15) is 0 Å². The molecule has 0 fully saturated rings. The largest absolute Gasteiger partial charge is 0.385 e. The van der Waals surface area contributed by atoms with Crippen LogP contribution in [-0.2, 0) is 0 Å². The smallest absolute Gasteiger partial charge is 0.104 e. The summed E-state index contributed by atoms with van der Waals surface area (Å²) in [5.74, 6) is 0.659. The van der Waals surface area contributed by atoms with Crippen LogP contribution in [0.2, 0.25) is 0 Å². The van der Waals surface area contributed by atoms with Crippen molar-refractivity contribution in [3.8, 4) is 0 Å². The summed E-state index contributed by atoms with van der Waals surface area (Å²) >= 11 is 0. The molecule has 0 atom stereocenters. The van der Waals surface area contributed by atoms with E-state index in [1.807, 2.05) is 6.08 Å².